The molecule has 0 radical (unpaired) electrons. The first-order chi connectivity index (χ1) is 11.6. The van der Waals surface area contributed by atoms with Crippen molar-refractivity contribution in [2.24, 2.45) is 0 Å². The molecule has 1 amide bonds. The molecule has 0 aliphatic carbocycles. The Morgan fingerprint density at radius 2 is 2.25 bits per heavy atom. The molecular formula is C17H20N6O. The molecule has 0 spiro atoms. The number of hydrogen-bond donors (Lipinski definition) is 0. The van der Waals surface area contributed by atoms with Gasteiger partial charge in [0.05, 0.1) is 24.5 Å². The van der Waals surface area contributed by atoms with Crippen LogP contribution in [0.4, 0.5) is 0 Å². The summed E-state index contributed by atoms with van der Waals surface area (Å²) in [6.45, 7) is 5.39. The van der Waals surface area contributed by atoms with E-state index in [1.54, 1.807) is 10.7 Å². The summed E-state index contributed by atoms with van der Waals surface area (Å²) in [7, 11) is 0. The van der Waals surface area contributed by atoms with Crippen LogP contribution in [0.1, 0.15) is 34.5 Å². The van der Waals surface area contributed by atoms with Crippen LogP contribution in [0.15, 0.2) is 30.9 Å². The van der Waals surface area contributed by atoms with Crippen molar-refractivity contribution in [3.8, 4) is 0 Å². The lowest BCUT2D eigenvalue weighted by atomic mass is 10.2. The van der Waals surface area contributed by atoms with Crippen molar-refractivity contribution in [2.45, 2.75) is 39.3 Å². The second-order valence-corrected chi connectivity index (χ2v) is 6.38. The summed E-state index contributed by atoms with van der Waals surface area (Å²) in [4.78, 5) is 19.4. The third-order valence-electron chi connectivity index (χ3n) is 4.58. The Morgan fingerprint density at radius 1 is 1.38 bits per heavy atom. The van der Waals surface area contributed by atoms with Gasteiger partial charge in [-0.15, -0.1) is 0 Å². The quantitative estimate of drug-likeness (QED) is 0.737. The Balaban J connectivity index is 1.63. The molecule has 7 nitrogen and oxygen atoms in total. The van der Waals surface area contributed by atoms with Crippen LogP contribution in [-0.4, -0.2) is 47.8 Å². The largest absolute Gasteiger partial charge is 0.334 e. The van der Waals surface area contributed by atoms with Crippen molar-refractivity contribution in [1.82, 2.24) is 29.3 Å². The molecule has 1 fully saturated rings. The van der Waals surface area contributed by atoms with Gasteiger partial charge in [-0.1, -0.05) is 0 Å². The van der Waals surface area contributed by atoms with E-state index in [1.807, 2.05) is 48.1 Å². The van der Waals surface area contributed by atoms with Gasteiger partial charge in [-0.05, 0) is 38.3 Å². The van der Waals surface area contributed by atoms with Crippen molar-refractivity contribution >= 4 is 11.6 Å². The minimum absolute atomic E-state index is 0.0209. The summed E-state index contributed by atoms with van der Waals surface area (Å²) >= 11 is 0. The van der Waals surface area contributed by atoms with Crippen LogP contribution in [0.25, 0.3) is 5.65 Å². The molecule has 24 heavy (non-hydrogen) atoms. The van der Waals surface area contributed by atoms with Crippen LogP contribution < -0.4 is 0 Å². The maximum Gasteiger partial charge on any atom is 0.259 e. The molecule has 1 saturated heterocycles. The number of rotatable bonds is 3. The maximum atomic E-state index is 13.2. The van der Waals surface area contributed by atoms with Gasteiger partial charge in [0, 0.05) is 25.1 Å². The number of carbonyl (C=O) groups excluding carboxylic acids is 1. The van der Waals surface area contributed by atoms with Crippen molar-refractivity contribution in [3.05, 3.63) is 47.7 Å². The van der Waals surface area contributed by atoms with E-state index in [0.717, 1.165) is 37.2 Å². The Hall–Kier alpha value is -2.70. The first kappa shape index (κ1) is 14.9. The molecule has 1 unspecified atom stereocenters. The Bertz CT molecular complexity index is 896. The van der Waals surface area contributed by atoms with Gasteiger partial charge in [0.15, 0.2) is 5.65 Å². The first-order valence-electron chi connectivity index (χ1n) is 8.23. The Morgan fingerprint density at radius 3 is 3.04 bits per heavy atom. The molecular weight excluding hydrogens is 304 g/mol. The zero-order valence-electron chi connectivity index (χ0n) is 13.9. The zero-order chi connectivity index (χ0) is 16.7. The average Bonchev–Trinajstić information content (AvgIpc) is 3.25. The van der Waals surface area contributed by atoms with Crippen LogP contribution in [0, 0.1) is 13.8 Å². The van der Waals surface area contributed by atoms with Gasteiger partial charge < -0.3 is 4.90 Å². The standard InChI is InChI=1S/C17H20N6O/c1-12-9-19-21(10-12)11-14-5-3-7-22(14)17(24)15-13(2)20-23-8-4-6-18-16(15)23/h4,6,8-10,14H,3,5,7,11H2,1-2H3. The summed E-state index contributed by atoms with van der Waals surface area (Å²) in [6.07, 6.45) is 9.39. The summed E-state index contributed by atoms with van der Waals surface area (Å²) < 4.78 is 3.59. The number of hydrogen-bond acceptors (Lipinski definition) is 4. The minimum Gasteiger partial charge on any atom is -0.334 e. The predicted molar refractivity (Wildman–Crippen MR) is 88.7 cm³/mol. The highest BCUT2D eigenvalue weighted by Crippen LogP contribution is 2.24. The normalized spacial score (nSPS) is 17.8. The molecule has 1 aliphatic heterocycles. The van der Waals surface area contributed by atoms with E-state index in [9.17, 15) is 4.79 Å². The van der Waals surface area contributed by atoms with Gasteiger partial charge in [0.2, 0.25) is 0 Å². The molecule has 0 saturated carbocycles. The number of fused-ring (bicyclic) bond motifs is 1. The summed E-state index contributed by atoms with van der Waals surface area (Å²) in [6, 6.07) is 1.97. The van der Waals surface area contributed by atoms with Gasteiger partial charge in [-0.2, -0.15) is 10.2 Å². The zero-order valence-corrected chi connectivity index (χ0v) is 13.9. The lowest BCUT2D eigenvalue weighted by molar-refractivity contribution is 0.0722. The second kappa shape index (κ2) is 5.74. The van der Waals surface area contributed by atoms with E-state index in [0.29, 0.717) is 11.2 Å². The topological polar surface area (TPSA) is 68.3 Å². The first-order valence-corrected chi connectivity index (χ1v) is 8.23. The van der Waals surface area contributed by atoms with Crippen LogP contribution in [0.2, 0.25) is 0 Å². The van der Waals surface area contributed by atoms with E-state index < -0.39 is 0 Å². The molecule has 0 bridgehead atoms. The molecule has 4 heterocycles. The van der Waals surface area contributed by atoms with Crippen molar-refractivity contribution in [1.29, 1.82) is 0 Å². The van der Waals surface area contributed by atoms with Crippen LogP contribution in [0.5, 0.6) is 0 Å². The number of likely N-dealkylation sites (tertiary alicyclic amines) is 1. The van der Waals surface area contributed by atoms with E-state index >= 15 is 0 Å². The van der Waals surface area contributed by atoms with Crippen molar-refractivity contribution in [2.75, 3.05) is 6.54 Å². The SMILES string of the molecule is Cc1cnn(CC2CCCN2C(=O)c2c(C)nn3cccnc23)c1. The fourth-order valence-electron chi connectivity index (χ4n) is 3.47. The van der Waals surface area contributed by atoms with Crippen LogP contribution in [0.3, 0.4) is 0 Å². The summed E-state index contributed by atoms with van der Waals surface area (Å²) in [5.74, 6) is 0.0209. The predicted octanol–water partition coefficient (Wildman–Crippen LogP) is 1.85. The molecule has 1 aliphatic rings. The van der Waals surface area contributed by atoms with E-state index in [4.69, 9.17) is 0 Å². The van der Waals surface area contributed by atoms with Crippen molar-refractivity contribution < 1.29 is 4.79 Å². The third kappa shape index (κ3) is 2.46. The number of amides is 1. The van der Waals surface area contributed by atoms with E-state index in [-0.39, 0.29) is 11.9 Å². The molecule has 1 atom stereocenters. The number of aryl methyl sites for hydroxylation is 2. The Kier molecular flexibility index (Phi) is 3.55. The smallest absolute Gasteiger partial charge is 0.259 e. The van der Waals surface area contributed by atoms with Gasteiger partial charge >= 0.3 is 0 Å². The lowest BCUT2D eigenvalue weighted by Crippen LogP contribution is -2.38. The molecule has 0 aromatic carbocycles. The van der Waals surface area contributed by atoms with Gasteiger partial charge in [-0.25, -0.2) is 9.50 Å². The number of aromatic nitrogens is 5. The minimum atomic E-state index is 0.0209. The molecule has 7 heteroatoms. The maximum absolute atomic E-state index is 13.2. The van der Waals surface area contributed by atoms with Gasteiger partial charge in [-0.3, -0.25) is 9.48 Å². The fourth-order valence-corrected chi connectivity index (χ4v) is 3.47. The van der Waals surface area contributed by atoms with E-state index in [2.05, 4.69) is 15.2 Å². The highest BCUT2D eigenvalue weighted by molar-refractivity contribution is 6.01. The third-order valence-corrected chi connectivity index (χ3v) is 4.58. The Labute approximate surface area is 139 Å². The van der Waals surface area contributed by atoms with E-state index in [1.165, 1.54) is 0 Å². The lowest BCUT2D eigenvalue weighted by Gasteiger charge is -2.24. The molecule has 124 valence electrons. The summed E-state index contributed by atoms with van der Waals surface area (Å²) in [5.41, 5.74) is 3.09. The molecule has 4 rings (SSSR count). The summed E-state index contributed by atoms with van der Waals surface area (Å²) in [5, 5.41) is 8.76. The van der Waals surface area contributed by atoms with Gasteiger partial charge in [0.25, 0.3) is 5.91 Å². The number of nitrogens with zero attached hydrogens (tertiary/aromatic N) is 6. The highest BCUT2D eigenvalue weighted by Gasteiger charge is 2.32. The molecule has 0 N–H and O–H groups in total. The van der Waals surface area contributed by atoms with Crippen molar-refractivity contribution in [3.63, 3.8) is 0 Å². The van der Waals surface area contributed by atoms with Crippen LogP contribution >= 0.6 is 0 Å². The molecule has 3 aromatic heterocycles. The fraction of sp³-hybridized carbons (Fsp3) is 0.412. The van der Waals surface area contributed by atoms with Gasteiger partial charge in [0.1, 0.15) is 5.56 Å². The monoisotopic (exact) mass is 324 g/mol. The number of carbonyl (C=O) groups is 1. The average molecular weight is 324 g/mol. The highest BCUT2D eigenvalue weighted by atomic mass is 16.2. The molecule has 3 aromatic rings. The second-order valence-electron chi connectivity index (χ2n) is 6.38. The van der Waals surface area contributed by atoms with Crippen LogP contribution in [-0.2, 0) is 6.54 Å².